The number of rotatable bonds is 2. The molecule has 3 rings (SSSR count). The van der Waals surface area contributed by atoms with Crippen LogP contribution in [0.5, 0.6) is 0 Å². The Morgan fingerprint density at radius 2 is 1.95 bits per heavy atom. The number of amides is 1. The third-order valence-electron chi connectivity index (χ3n) is 3.22. The van der Waals surface area contributed by atoms with Crippen molar-refractivity contribution in [3.63, 3.8) is 0 Å². The summed E-state index contributed by atoms with van der Waals surface area (Å²) in [5.74, 6) is -0.236. The molecular weight excluding hydrogens is 416 g/mol. The van der Waals surface area contributed by atoms with Crippen LogP contribution in [-0.2, 0) is 4.79 Å². The number of nitro benzene ring substituents is 1. The topological polar surface area (TPSA) is 72.2 Å². The molecule has 0 radical (unpaired) electrons. The normalized spacial score (nSPS) is 14.8. The molecule has 1 heterocycles. The van der Waals surface area contributed by atoms with Crippen LogP contribution >= 0.6 is 31.9 Å². The number of nitrogens with one attached hydrogen (secondary N) is 1. The van der Waals surface area contributed by atoms with E-state index in [9.17, 15) is 14.9 Å². The summed E-state index contributed by atoms with van der Waals surface area (Å²) in [4.78, 5) is 22.5. The van der Waals surface area contributed by atoms with Crippen LogP contribution in [0.25, 0.3) is 11.6 Å². The number of nitrogens with zero attached hydrogens (tertiary/aromatic N) is 1. The summed E-state index contributed by atoms with van der Waals surface area (Å²) in [6, 6.07) is 9.84. The minimum atomic E-state index is -0.460. The Bertz CT molecular complexity index is 847. The lowest BCUT2D eigenvalue weighted by Crippen LogP contribution is -2.03. The molecule has 0 saturated carbocycles. The summed E-state index contributed by atoms with van der Waals surface area (Å²) in [6.45, 7) is 0. The van der Waals surface area contributed by atoms with Crippen molar-refractivity contribution in [2.45, 2.75) is 0 Å². The first-order valence-electron chi connectivity index (χ1n) is 6.22. The van der Waals surface area contributed by atoms with Crippen LogP contribution in [0.2, 0.25) is 0 Å². The summed E-state index contributed by atoms with van der Waals surface area (Å²) in [5, 5.41) is 13.6. The van der Waals surface area contributed by atoms with Gasteiger partial charge in [0.2, 0.25) is 0 Å². The number of nitro groups is 1. The van der Waals surface area contributed by atoms with E-state index in [0.717, 1.165) is 14.5 Å². The third-order valence-corrected chi connectivity index (χ3v) is 4.30. The number of hydrogen-bond acceptors (Lipinski definition) is 3. The van der Waals surface area contributed by atoms with Gasteiger partial charge in [0, 0.05) is 32.2 Å². The van der Waals surface area contributed by atoms with E-state index in [2.05, 4.69) is 37.2 Å². The molecule has 0 aliphatic carbocycles. The van der Waals surface area contributed by atoms with Crippen molar-refractivity contribution >= 4 is 60.8 Å². The van der Waals surface area contributed by atoms with Crippen LogP contribution in [0.15, 0.2) is 45.3 Å². The van der Waals surface area contributed by atoms with E-state index in [1.54, 1.807) is 18.2 Å². The van der Waals surface area contributed by atoms with Crippen molar-refractivity contribution in [2.24, 2.45) is 0 Å². The molecule has 0 fully saturated rings. The zero-order valence-corrected chi connectivity index (χ0v) is 14.1. The number of benzene rings is 2. The second-order valence-corrected chi connectivity index (χ2v) is 6.44. The van der Waals surface area contributed by atoms with Gasteiger partial charge in [0.15, 0.2) is 0 Å². The molecule has 0 saturated heterocycles. The molecule has 1 aliphatic heterocycles. The molecule has 0 atom stereocenters. The molecule has 1 aliphatic rings. The van der Waals surface area contributed by atoms with E-state index < -0.39 is 4.92 Å². The standard InChI is InChI=1S/C15H8Br2N2O3/c16-9-6-11-12(15(20)18-14(11)13(17)7-9)5-8-2-1-3-10(4-8)19(21)22/h1-7H,(H,18,20). The van der Waals surface area contributed by atoms with Crippen LogP contribution in [0.3, 0.4) is 0 Å². The lowest BCUT2D eigenvalue weighted by molar-refractivity contribution is -0.384. The summed E-state index contributed by atoms with van der Waals surface area (Å²) < 4.78 is 1.60. The molecule has 0 aromatic heterocycles. The number of anilines is 1. The molecule has 22 heavy (non-hydrogen) atoms. The Labute approximate surface area is 142 Å². The molecule has 2 aromatic carbocycles. The maximum absolute atomic E-state index is 12.2. The largest absolute Gasteiger partial charge is 0.320 e. The van der Waals surface area contributed by atoms with E-state index >= 15 is 0 Å². The Morgan fingerprint density at radius 3 is 2.68 bits per heavy atom. The number of halogens is 2. The summed E-state index contributed by atoms with van der Waals surface area (Å²) >= 11 is 6.80. The zero-order chi connectivity index (χ0) is 15.9. The monoisotopic (exact) mass is 422 g/mol. The fourth-order valence-corrected chi connectivity index (χ4v) is 3.58. The summed E-state index contributed by atoms with van der Waals surface area (Å²) in [7, 11) is 0. The fourth-order valence-electron chi connectivity index (χ4n) is 2.25. The van der Waals surface area contributed by atoms with Gasteiger partial charge in [0.1, 0.15) is 0 Å². The second-order valence-electron chi connectivity index (χ2n) is 4.67. The van der Waals surface area contributed by atoms with Gasteiger partial charge in [-0.15, -0.1) is 0 Å². The molecule has 5 nitrogen and oxygen atoms in total. The predicted molar refractivity (Wildman–Crippen MR) is 91.4 cm³/mol. The number of hydrogen-bond donors (Lipinski definition) is 1. The van der Waals surface area contributed by atoms with Crippen molar-refractivity contribution in [1.29, 1.82) is 0 Å². The number of carbonyl (C=O) groups is 1. The Hall–Kier alpha value is -1.99. The van der Waals surface area contributed by atoms with Gasteiger partial charge in [-0.25, -0.2) is 0 Å². The van der Waals surface area contributed by atoms with E-state index in [1.807, 2.05) is 12.1 Å². The Kier molecular flexibility index (Phi) is 3.84. The van der Waals surface area contributed by atoms with E-state index in [-0.39, 0.29) is 11.6 Å². The lowest BCUT2D eigenvalue weighted by Gasteiger charge is -2.02. The maximum Gasteiger partial charge on any atom is 0.270 e. The van der Waals surface area contributed by atoms with Gasteiger partial charge < -0.3 is 5.32 Å². The van der Waals surface area contributed by atoms with Gasteiger partial charge in [0.05, 0.1) is 10.6 Å². The smallest absolute Gasteiger partial charge is 0.270 e. The predicted octanol–water partition coefficient (Wildman–Crippen LogP) is 4.61. The van der Waals surface area contributed by atoms with E-state index in [0.29, 0.717) is 16.8 Å². The number of fused-ring (bicyclic) bond motifs is 1. The Morgan fingerprint density at radius 1 is 1.18 bits per heavy atom. The summed E-state index contributed by atoms with van der Waals surface area (Å²) in [6.07, 6.45) is 1.65. The van der Waals surface area contributed by atoms with Gasteiger partial charge >= 0.3 is 0 Å². The highest BCUT2D eigenvalue weighted by molar-refractivity contribution is 9.11. The maximum atomic E-state index is 12.2. The lowest BCUT2D eigenvalue weighted by atomic mass is 10.0. The molecule has 1 amide bonds. The number of carbonyl (C=O) groups excluding carboxylic acids is 1. The van der Waals surface area contributed by atoms with Crippen molar-refractivity contribution in [3.8, 4) is 0 Å². The average molecular weight is 424 g/mol. The molecule has 0 bridgehead atoms. The molecule has 1 N–H and O–H groups in total. The van der Waals surface area contributed by atoms with E-state index in [4.69, 9.17) is 0 Å². The Balaban J connectivity index is 2.12. The molecule has 2 aromatic rings. The first-order chi connectivity index (χ1) is 10.5. The highest BCUT2D eigenvalue weighted by atomic mass is 79.9. The zero-order valence-electron chi connectivity index (χ0n) is 11.0. The van der Waals surface area contributed by atoms with Crippen LogP contribution < -0.4 is 5.32 Å². The molecule has 110 valence electrons. The van der Waals surface area contributed by atoms with E-state index in [1.165, 1.54) is 12.1 Å². The SMILES string of the molecule is O=C1Nc2c(Br)cc(Br)cc2C1=Cc1cccc([N+](=O)[O-])c1. The van der Waals surface area contributed by atoms with Gasteiger partial charge in [0.25, 0.3) is 11.6 Å². The van der Waals surface area contributed by atoms with Crippen LogP contribution in [0.4, 0.5) is 11.4 Å². The molecule has 0 spiro atoms. The van der Waals surface area contributed by atoms with Gasteiger partial charge in [-0.1, -0.05) is 28.1 Å². The van der Waals surface area contributed by atoms with Crippen molar-refractivity contribution in [1.82, 2.24) is 0 Å². The minimum absolute atomic E-state index is 0.0107. The first kappa shape index (κ1) is 14.9. The van der Waals surface area contributed by atoms with Gasteiger partial charge in [-0.05, 0) is 39.7 Å². The molecule has 0 unspecified atom stereocenters. The summed E-state index contributed by atoms with van der Waals surface area (Å²) in [5.41, 5.74) is 2.51. The highest BCUT2D eigenvalue weighted by Gasteiger charge is 2.26. The third kappa shape index (κ3) is 2.69. The van der Waals surface area contributed by atoms with Crippen molar-refractivity contribution in [3.05, 3.63) is 66.6 Å². The average Bonchev–Trinajstić information content (AvgIpc) is 2.77. The fraction of sp³-hybridized carbons (Fsp3) is 0. The second kappa shape index (κ2) is 5.66. The van der Waals surface area contributed by atoms with Crippen LogP contribution in [-0.4, -0.2) is 10.8 Å². The van der Waals surface area contributed by atoms with Crippen molar-refractivity contribution in [2.75, 3.05) is 5.32 Å². The first-order valence-corrected chi connectivity index (χ1v) is 7.81. The van der Waals surface area contributed by atoms with Gasteiger partial charge in [-0.3, -0.25) is 14.9 Å². The van der Waals surface area contributed by atoms with Gasteiger partial charge in [-0.2, -0.15) is 0 Å². The number of non-ortho nitro benzene ring substituents is 1. The molecule has 7 heteroatoms. The molecular formula is C15H8Br2N2O3. The van der Waals surface area contributed by atoms with Crippen LogP contribution in [0, 0.1) is 10.1 Å². The van der Waals surface area contributed by atoms with Crippen molar-refractivity contribution < 1.29 is 9.72 Å². The minimum Gasteiger partial charge on any atom is -0.320 e. The quantitative estimate of drug-likeness (QED) is 0.435. The van der Waals surface area contributed by atoms with Crippen LogP contribution in [0.1, 0.15) is 11.1 Å². The highest BCUT2D eigenvalue weighted by Crippen LogP contribution is 2.40.